The molecule has 0 amide bonds. The number of para-hydroxylation sites is 1. The maximum absolute atomic E-state index is 11.9. The van der Waals surface area contributed by atoms with E-state index in [4.69, 9.17) is 0 Å². The van der Waals surface area contributed by atoms with Gasteiger partial charge in [-0.2, -0.15) is 0 Å². The van der Waals surface area contributed by atoms with Crippen LogP contribution in [0.25, 0.3) is 10.9 Å². The molecule has 0 fully saturated rings. The highest BCUT2D eigenvalue weighted by atomic mass is 16.1. The van der Waals surface area contributed by atoms with E-state index in [1.54, 1.807) is 12.1 Å². The van der Waals surface area contributed by atoms with Gasteiger partial charge in [0.2, 0.25) is 5.78 Å². The SMILES string of the molecule is O=C(C#Cc1c[nH]c2ccccc12)c1ccccc1. The molecule has 2 aromatic carbocycles. The van der Waals surface area contributed by atoms with E-state index >= 15 is 0 Å². The summed E-state index contributed by atoms with van der Waals surface area (Å²) in [5, 5.41) is 1.04. The molecule has 1 aromatic heterocycles. The standard InChI is InChI=1S/C17H11NO/c19-17(13-6-2-1-3-7-13)11-10-14-12-18-16-9-5-4-8-15(14)16/h1-9,12,18H. The van der Waals surface area contributed by atoms with Crippen LogP contribution in [-0.2, 0) is 0 Å². The lowest BCUT2D eigenvalue weighted by Crippen LogP contribution is -1.93. The summed E-state index contributed by atoms with van der Waals surface area (Å²) in [6.45, 7) is 0. The van der Waals surface area contributed by atoms with E-state index in [1.165, 1.54) is 0 Å². The molecule has 0 saturated carbocycles. The maximum Gasteiger partial charge on any atom is 0.236 e. The first-order valence-electron chi connectivity index (χ1n) is 6.02. The Labute approximate surface area is 111 Å². The topological polar surface area (TPSA) is 32.9 Å². The Morgan fingerprint density at radius 2 is 1.68 bits per heavy atom. The number of ketones is 1. The van der Waals surface area contributed by atoms with Gasteiger partial charge in [0.05, 0.1) is 5.56 Å². The van der Waals surface area contributed by atoms with Gasteiger partial charge in [-0.05, 0) is 12.0 Å². The van der Waals surface area contributed by atoms with Gasteiger partial charge in [-0.15, -0.1) is 0 Å². The van der Waals surface area contributed by atoms with E-state index in [0.717, 1.165) is 16.5 Å². The Morgan fingerprint density at radius 1 is 0.947 bits per heavy atom. The molecular weight excluding hydrogens is 234 g/mol. The molecule has 1 N–H and O–H groups in total. The summed E-state index contributed by atoms with van der Waals surface area (Å²) < 4.78 is 0. The Balaban J connectivity index is 1.94. The summed E-state index contributed by atoms with van der Waals surface area (Å²) >= 11 is 0. The largest absolute Gasteiger partial charge is 0.360 e. The molecule has 1 heterocycles. The number of carbonyl (C=O) groups excluding carboxylic acids is 1. The number of fused-ring (bicyclic) bond motifs is 1. The normalized spacial score (nSPS) is 9.89. The van der Waals surface area contributed by atoms with Crippen molar-refractivity contribution in [2.75, 3.05) is 0 Å². The van der Waals surface area contributed by atoms with Crippen molar-refractivity contribution in [2.45, 2.75) is 0 Å². The van der Waals surface area contributed by atoms with Gasteiger partial charge in [-0.25, -0.2) is 0 Å². The van der Waals surface area contributed by atoms with Crippen molar-refractivity contribution in [2.24, 2.45) is 0 Å². The van der Waals surface area contributed by atoms with Crippen LogP contribution in [0.4, 0.5) is 0 Å². The molecule has 3 aromatic rings. The number of aromatic nitrogens is 1. The van der Waals surface area contributed by atoms with Crippen molar-refractivity contribution >= 4 is 16.7 Å². The number of nitrogens with one attached hydrogen (secondary N) is 1. The zero-order valence-corrected chi connectivity index (χ0v) is 10.2. The zero-order chi connectivity index (χ0) is 13.1. The number of Topliss-reactive ketones (excluding diaryl/α,β-unsaturated/α-hetero) is 1. The molecule has 2 nitrogen and oxygen atoms in total. The zero-order valence-electron chi connectivity index (χ0n) is 10.2. The van der Waals surface area contributed by atoms with Crippen LogP contribution >= 0.6 is 0 Å². The highest BCUT2D eigenvalue weighted by Crippen LogP contribution is 2.16. The lowest BCUT2D eigenvalue weighted by molar-refractivity contribution is 0.105. The number of benzene rings is 2. The van der Waals surface area contributed by atoms with Crippen LogP contribution in [0, 0.1) is 11.8 Å². The summed E-state index contributed by atoms with van der Waals surface area (Å²) in [5.74, 6) is 5.46. The van der Waals surface area contributed by atoms with Crippen LogP contribution in [0.15, 0.2) is 60.8 Å². The minimum Gasteiger partial charge on any atom is -0.360 e. The van der Waals surface area contributed by atoms with Crippen molar-refractivity contribution in [1.82, 2.24) is 4.98 Å². The lowest BCUT2D eigenvalue weighted by atomic mass is 10.1. The molecule has 0 saturated heterocycles. The third-order valence-electron chi connectivity index (χ3n) is 2.94. The van der Waals surface area contributed by atoms with Gasteiger partial charge < -0.3 is 4.98 Å². The summed E-state index contributed by atoms with van der Waals surface area (Å²) in [6, 6.07) is 17.0. The molecule has 90 valence electrons. The predicted octanol–water partition coefficient (Wildman–Crippen LogP) is 3.40. The van der Waals surface area contributed by atoms with E-state index < -0.39 is 0 Å². The number of H-pyrrole nitrogens is 1. The fraction of sp³-hybridized carbons (Fsp3) is 0. The second-order valence-electron chi connectivity index (χ2n) is 4.19. The number of hydrogen-bond donors (Lipinski definition) is 1. The molecule has 0 unspecified atom stereocenters. The van der Waals surface area contributed by atoms with Crippen molar-refractivity contribution < 1.29 is 4.79 Å². The van der Waals surface area contributed by atoms with Crippen LogP contribution in [0.3, 0.4) is 0 Å². The minimum atomic E-state index is -0.161. The van der Waals surface area contributed by atoms with Gasteiger partial charge in [0.15, 0.2) is 0 Å². The van der Waals surface area contributed by atoms with Crippen LogP contribution in [-0.4, -0.2) is 10.8 Å². The molecule has 0 aliphatic heterocycles. The average Bonchev–Trinajstić information content (AvgIpc) is 2.89. The fourth-order valence-corrected chi connectivity index (χ4v) is 1.96. The quantitative estimate of drug-likeness (QED) is 0.517. The molecule has 0 atom stereocenters. The van der Waals surface area contributed by atoms with Gasteiger partial charge in [0.25, 0.3) is 0 Å². The van der Waals surface area contributed by atoms with Crippen LogP contribution < -0.4 is 0 Å². The third kappa shape index (κ3) is 2.27. The first kappa shape index (κ1) is 11.3. The molecule has 0 aliphatic carbocycles. The van der Waals surface area contributed by atoms with E-state index in [2.05, 4.69) is 16.8 Å². The summed E-state index contributed by atoms with van der Waals surface area (Å²) in [4.78, 5) is 15.0. The van der Waals surface area contributed by atoms with Gasteiger partial charge >= 0.3 is 0 Å². The summed E-state index contributed by atoms with van der Waals surface area (Å²) in [6.07, 6.45) is 1.83. The van der Waals surface area contributed by atoms with Crippen LogP contribution in [0.2, 0.25) is 0 Å². The van der Waals surface area contributed by atoms with Crippen molar-refractivity contribution in [3.8, 4) is 11.8 Å². The van der Waals surface area contributed by atoms with E-state index in [0.29, 0.717) is 5.56 Å². The first-order valence-corrected chi connectivity index (χ1v) is 6.02. The van der Waals surface area contributed by atoms with E-state index in [-0.39, 0.29) is 5.78 Å². The van der Waals surface area contributed by atoms with Crippen LogP contribution in [0.1, 0.15) is 15.9 Å². The number of aromatic amines is 1. The van der Waals surface area contributed by atoms with Gasteiger partial charge in [-0.3, -0.25) is 4.79 Å². The van der Waals surface area contributed by atoms with Gasteiger partial charge in [0.1, 0.15) is 0 Å². The smallest absolute Gasteiger partial charge is 0.236 e. The monoisotopic (exact) mass is 245 g/mol. The fourth-order valence-electron chi connectivity index (χ4n) is 1.96. The van der Waals surface area contributed by atoms with Crippen molar-refractivity contribution in [1.29, 1.82) is 0 Å². The minimum absolute atomic E-state index is 0.161. The lowest BCUT2D eigenvalue weighted by Gasteiger charge is -1.91. The molecule has 0 spiro atoms. The van der Waals surface area contributed by atoms with E-state index in [9.17, 15) is 4.79 Å². The second-order valence-corrected chi connectivity index (χ2v) is 4.19. The van der Waals surface area contributed by atoms with Gasteiger partial charge in [0, 0.05) is 22.7 Å². The molecule has 0 bridgehead atoms. The molecule has 19 heavy (non-hydrogen) atoms. The predicted molar refractivity (Wildman–Crippen MR) is 75.9 cm³/mol. The summed E-state index contributed by atoms with van der Waals surface area (Å²) in [7, 11) is 0. The molecule has 0 radical (unpaired) electrons. The highest BCUT2D eigenvalue weighted by Gasteiger charge is 2.02. The number of hydrogen-bond acceptors (Lipinski definition) is 1. The molecule has 2 heteroatoms. The van der Waals surface area contributed by atoms with E-state index in [1.807, 2.05) is 48.7 Å². The highest BCUT2D eigenvalue weighted by molar-refractivity contribution is 6.09. The Bertz CT molecular complexity index is 788. The maximum atomic E-state index is 11.9. The molecular formula is C17H11NO. The third-order valence-corrected chi connectivity index (χ3v) is 2.94. The first-order chi connectivity index (χ1) is 9.34. The summed E-state index contributed by atoms with van der Waals surface area (Å²) in [5.41, 5.74) is 2.49. The van der Waals surface area contributed by atoms with Crippen molar-refractivity contribution in [3.63, 3.8) is 0 Å². The van der Waals surface area contributed by atoms with Crippen LogP contribution in [0.5, 0.6) is 0 Å². The number of rotatable bonds is 1. The Hall–Kier alpha value is -2.79. The average molecular weight is 245 g/mol. The second kappa shape index (κ2) is 4.83. The Kier molecular flexibility index (Phi) is 2.88. The molecule has 0 aliphatic rings. The van der Waals surface area contributed by atoms with Gasteiger partial charge in [-0.1, -0.05) is 54.5 Å². The number of carbonyl (C=O) groups is 1. The Morgan fingerprint density at radius 3 is 2.53 bits per heavy atom. The van der Waals surface area contributed by atoms with Crippen molar-refractivity contribution in [3.05, 3.63) is 71.9 Å². The molecule has 3 rings (SSSR count).